The minimum absolute atomic E-state index is 0.470. The second-order valence-electron chi connectivity index (χ2n) is 5.37. The Kier molecular flexibility index (Phi) is 2.46. The third-order valence-corrected chi connectivity index (χ3v) is 3.73. The van der Waals surface area contributed by atoms with Gasteiger partial charge in [0.05, 0.1) is 0 Å². The van der Waals surface area contributed by atoms with Crippen LogP contribution in [0.25, 0.3) is 0 Å². The van der Waals surface area contributed by atoms with Crippen molar-refractivity contribution in [1.29, 1.82) is 0 Å². The van der Waals surface area contributed by atoms with Gasteiger partial charge in [0.1, 0.15) is 0 Å². The van der Waals surface area contributed by atoms with Crippen LogP contribution >= 0.6 is 15.9 Å². The van der Waals surface area contributed by atoms with Crippen molar-refractivity contribution < 1.29 is 0 Å². The maximum atomic E-state index is 3.47. The van der Waals surface area contributed by atoms with Gasteiger partial charge in [-0.25, -0.2) is 0 Å². The van der Waals surface area contributed by atoms with E-state index in [1.165, 1.54) is 16.5 Å². The minimum atomic E-state index is 0.470. The fraction of sp³-hybridized carbons (Fsp3) is 0.538. The standard InChI is InChI=1S/C13H17Br/c1-13(2,3)12-8-11(12)9-4-6-10(14)7-5-9/h4-7,11-12H,8H2,1-3H3/t11-,12-/m0/s1. The Bertz CT molecular complexity index is 318. The summed E-state index contributed by atoms with van der Waals surface area (Å²) in [6.45, 7) is 7.03. The Labute approximate surface area is 94.8 Å². The predicted octanol–water partition coefficient (Wildman–Crippen LogP) is 4.60. The van der Waals surface area contributed by atoms with Gasteiger partial charge in [-0.3, -0.25) is 0 Å². The zero-order valence-electron chi connectivity index (χ0n) is 9.05. The number of hydrogen-bond acceptors (Lipinski definition) is 0. The van der Waals surface area contributed by atoms with Crippen LogP contribution in [0.4, 0.5) is 0 Å². The summed E-state index contributed by atoms with van der Waals surface area (Å²) in [5, 5.41) is 0. The summed E-state index contributed by atoms with van der Waals surface area (Å²) in [6.07, 6.45) is 1.37. The molecule has 1 heteroatoms. The Morgan fingerprint density at radius 1 is 1.14 bits per heavy atom. The molecule has 0 aliphatic heterocycles. The average Bonchev–Trinajstić information content (AvgIpc) is 2.83. The van der Waals surface area contributed by atoms with Crippen molar-refractivity contribution in [3.63, 3.8) is 0 Å². The van der Waals surface area contributed by atoms with Crippen LogP contribution in [-0.2, 0) is 0 Å². The molecule has 2 atom stereocenters. The third kappa shape index (κ3) is 2.03. The lowest BCUT2D eigenvalue weighted by molar-refractivity contribution is 0.343. The predicted molar refractivity (Wildman–Crippen MR) is 64.4 cm³/mol. The molecule has 1 aromatic carbocycles. The van der Waals surface area contributed by atoms with Crippen LogP contribution in [0.2, 0.25) is 0 Å². The number of hydrogen-bond donors (Lipinski definition) is 0. The van der Waals surface area contributed by atoms with Crippen LogP contribution in [0.3, 0.4) is 0 Å². The molecule has 1 saturated carbocycles. The molecule has 2 rings (SSSR count). The van der Waals surface area contributed by atoms with Crippen molar-refractivity contribution in [2.75, 3.05) is 0 Å². The normalized spacial score (nSPS) is 26.3. The highest BCUT2D eigenvalue weighted by atomic mass is 79.9. The molecule has 0 saturated heterocycles. The maximum absolute atomic E-state index is 3.47. The fourth-order valence-corrected chi connectivity index (χ4v) is 2.49. The Balaban J connectivity index is 2.10. The number of benzene rings is 1. The molecule has 0 unspecified atom stereocenters. The molecule has 0 amide bonds. The van der Waals surface area contributed by atoms with Crippen LogP contribution in [0, 0.1) is 11.3 Å². The summed E-state index contributed by atoms with van der Waals surface area (Å²) >= 11 is 3.47. The number of rotatable bonds is 1. The molecular weight excluding hydrogens is 236 g/mol. The van der Waals surface area contributed by atoms with Crippen LogP contribution in [0.5, 0.6) is 0 Å². The van der Waals surface area contributed by atoms with E-state index in [0.717, 1.165) is 11.8 Å². The molecule has 0 spiro atoms. The van der Waals surface area contributed by atoms with Crippen molar-refractivity contribution in [3.8, 4) is 0 Å². The lowest BCUT2D eigenvalue weighted by Gasteiger charge is -2.18. The maximum Gasteiger partial charge on any atom is 0.0175 e. The Hall–Kier alpha value is -0.300. The van der Waals surface area contributed by atoms with Crippen LogP contribution in [0.15, 0.2) is 28.7 Å². The minimum Gasteiger partial charge on any atom is -0.0599 e. The molecule has 0 bridgehead atoms. The van der Waals surface area contributed by atoms with E-state index in [4.69, 9.17) is 0 Å². The van der Waals surface area contributed by atoms with Gasteiger partial charge in [0, 0.05) is 4.47 Å². The first-order valence-corrected chi connectivity index (χ1v) is 6.03. The van der Waals surface area contributed by atoms with Gasteiger partial charge in [-0.15, -0.1) is 0 Å². The molecule has 0 heterocycles. The third-order valence-electron chi connectivity index (χ3n) is 3.20. The van der Waals surface area contributed by atoms with E-state index < -0.39 is 0 Å². The lowest BCUT2D eigenvalue weighted by Crippen LogP contribution is -2.08. The smallest absolute Gasteiger partial charge is 0.0175 e. The van der Waals surface area contributed by atoms with Crippen LogP contribution < -0.4 is 0 Å². The van der Waals surface area contributed by atoms with Gasteiger partial charge in [0.2, 0.25) is 0 Å². The van der Waals surface area contributed by atoms with Gasteiger partial charge in [0.25, 0.3) is 0 Å². The van der Waals surface area contributed by atoms with E-state index in [0.29, 0.717) is 5.41 Å². The quantitative estimate of drug-likeness (QED) is 0.686. The zero-order valence-corrected chi connectivity index (χ0v) is 10.6. The molecule has 1 aliphatic carbocycles. The van der Waals surface area contributed by atoms with Gasteiger partial charge in [0.15, 0.2) is 0 Å². The molecule has 14 heavy (non-hydrogen) atoms. The largest absolute Gasteiger partial charge is 0.0599 e. The van der Waals surface area contributed by atoms with Gasteiger partial charge in [-0.2, -0.15) is 0 Å². The van der Waals surface area contributed by atoms with E-state index >= 15 is 0 Å². The molecule has 1 fully saturated rings. The van der Waals surface area contributed by atoms with E-state index in [1.54, 1.807) is 0 Å². The van der Waals surface area contributed by atoms with Gasteiger partial charge >= 0.3 is 0 Å². The molecule has 76 valence electrons. The van der Waals surface area contributed by atoms with Crippen molar-refractivity contribution >= 4 is 15.9 Å². The Morgan fingerprint density at radius 2 is 1.71 bits per heavy atom. The lowest BCUT2D eigenvalue weighted by atomic mass is 9.88. The summed E-state index contributed by atoms with van der Waals surface area (Å²) < 4.78 is 1.18. The fourth-order valence-electron chi connectivity index (χ4n) is 2.23. The van der Waals surface area contributed by atoms with Crippen molar-refractivity contribution in [2.45, 2.75) is 33.1 Å². The summed E-state index contributed by atoms with van der Waals surface area (Å²) in [4.78, 5) is 0. The van der Waals surface area contributed by atoms with Crippen molar-refractivity contribution in [2.24, 2.45) is 11.3 Å². The summed E-state index contributed by atoms with van der Waals surface area (Å²) in [7, 11) is 0. The molecule has 1 aliphatic rings. The first-order valence-electron chi connectivity index (χ1n) is 5.24. The molecule has 0 N–H and O–H groups in total. The van der Waals surface area contributed by atoms with Gasteiger partial charge in [-0.1, -0.05) is 48.8 Å². The first kappa shape index (κ1) is 10.2. The van der Waals surface area contributed by atoms with Gasteiger partial charge < -0.3 is 0 Å². The molecule has 0 radical (unpaired) electrons. The summed E-state index contributed by atoms with van der Waals surface area (Å²) in [6, 6.07) is 8.79. The molecular formula is C13H17Br. The zero-order chi connectivity index (χ0) is 10.3. The molecule has 0 aromatic heterocycles. The second kappa shape index (κ2) is 3.37. The topological polar surface area (TPSA) is 0 Å². The van der Waals surface area contributed by atoms with Crippen molar-refractivity contribution in [1.82, 2.24) is 0 Å². The summed E-state index contributed by atoms with van der Waals surface area (Å²) in [5.41, 5.74) is 1.98. The number of halogens is 1. The first-order chi connectivity index (χ1) is 6.48. The van der Waals surface area contributed by atoms with Gasteiger partial charge in [-0.05, 0) is 41.4 Å². The SMILES string of the molecule is CC(C)(C)[C@H]1C[C@H]1c1ccc(Br)cc1. The van der Waals surface area contributed by atoms with E-state index in [-0.39, 0.29) is 0 Å². The molecule has 0 nitrogen and oxygen atoms in total. The second-order valence-corrected chi connectivity index (χ2v) is 6.28. The summed E-state index contributed by atoms with van der Waals surface area (Å²) in [5.74, 6) is 1.69. The van der Waals surface area contributed by atoms with E-state index in [1.807, 2.05) is 0 Å². The van der Waals surface area contributed by atoms with Crippen LogP contribution in [-0.4, -0.2) is 0 Å². The highest BCUT2D eigenvalue weighted by molar-refractivity contribution is 9.10. The highest BCUT2D eigenvalue weighted by Crippen LogP contribution is 2.56. The van der Waals surface area contributed by atoms with E-state index in [2.05, 4.69) is 61.0 Å². The average molecular weight is 253 g/mol. The van der Waals surface area contributed by atoms with E-state index in [9.17, 15) is 0 Å². The molecule has 1 aromatic rings. The van der Waals surface area contributed by atoms with Crippen molar-refractivity contribution in [3.05, 3.63) is 34.3 Å². The Morgan fingerprint density at radius 3 is 2.14 bits per heavy atom. The van der Waals surface area contributed by atoms with Crippen LogP contribution in [0.1, 0.15) is 38.7 Å². The highest BCUT2D eigenvalue weighted by Gasteiger charge is 2.45. The monoisotopic (exact) mass is 252 g/mol.